The van der Waals surface area contributed by atoms with Crippen molar-refractivity contribution < 1.29 is 14.3 Å². The van der Waals surface area contributed by atoms with Crippen molar-refractivity contribution in [2.45, 2.75) is 18.8 Å². The number of nitrogens with zero attached hydrogens (tertiary/aromatic N) is 3. The highest BCUT2D eigenvalue weighted by molar-refractivity contribution is 5.68. The molecule has 0 aliphatic carbocycles. The fourth-order valence-electron chi connectivity index (χ4n) is 2.79. The maximum Gasteiger partial charge on any atom is 0.407 e. The molecule has 1 fully saturated rings. The molecule has 2 aromatic rings. The van der Waals surface area contributed by atoms with Gasteiger partial charge in [-0.15, -0.1) is 0 Å². The quantitative estimate of drug-likeness (QED) is 0.840. The van der Waals surface area contributed by atoms with E-state index in [1.54, 1.807) is 19.4 Å². The van der Waals surface area contributed by atoms with Crippen LogP contribution in [0.4, 0.5) is 16.6 Å². The van der Waals surface area contributed by atoms with Crippen LogP contribution in [0.15, 0.2) is 42.6 Å². The molecule has 132 valence electrons. The number of nitrogen functional groups attached to an aromatic ring is 1. The van der Waals surface area contributed by atoms with Crippen molar-refractivity contribution in [3.63, 3.8) is 0 Å². The lowest BCUT2D eigenvalue weighted by atomic mass is 10.2. The van der Waals surface area contributed by atoms with Gasteiger partial charge in [0.05, 0.1) is 12.1 Å². The van der Waals surface area contributed by atoms with Crippen molar-refractivity contribution in [1.82, 2.24) is 15.3 Å². The second-order valence-corrected chi connectivity index (χ2v) is 5.76. The van der Waals surface area contributed by atoms with E-state index in [-0.39, 0.29) is 24.7 Å². The largest absolute Gasteiger partial charge is 0.445 e. The van der Waals surface area contributed by atoms with Crippen molar-refractivity contribution >= 4 is 17.9 Å². The molecule has 3 rings (SSSR count). The number of carbonyl (C=O) groups is 1. The molecule has 2 atom stereocenters. The van der Waals surface area contributed by atoms with Crippen LogP contribution in [-0.4, -0.2) is 48.4 Å². The zero-order chi connectivity index (χ0) is 17.6. The van der Waals surface area contributed by atoms with Crippen LogP contribution in [0.1, 0.15) is 5.56 Å². The van der Waals surface area contributed by atoms with E-state index in [2.05, 4.69) is 15.3 Å². The van der Waals surface area contributed by atoms with Crippen molar-refractivity contribution in [2.75, 3.05) is 30.8 Å². The molecule has 1 aromatic carbocycles. The van der Waals surface area contributed by atoms with E-state index in [1.165, 1.54) is 0 Å². The monoisotopic (exact) mass is 343 g/mol. The molecule has 25 heavy (non-hydrogen) atoms. The topological polar surface area (TPSA) is 103 Å². The smallest absolute Gasteiger partial charge is 0.407 e. The maximum absolute atomic E-state index is 12.1. The third kappa shape index (κ3) is 4.36. The SMILES string of the molecule is CO[C@H]1CN(c2ccnc(N)n2)C[C@H]1NC(=O)OCc1ccccc1. The number of nitrogens with one attached hydrogen (secondary N) is 1. The molecule has 1 amide bonds. The first-order valence-electron chi connectivity index (χ1n) is 7.99. The summed E-state index contributed by atoms with van der Waals surface area (Å²) in [4.78, 5) is 22.2. The van der Waals surface area contributed by atoms with Crippen LogP contribution in [-0.2, 0) is 16.1 Å². The molecular formula is C17H21N5O3. The lowest BCUT2D eigenvalue weighted by Crippen LogP contribution is -2.43. The summed E-state index contributed by atoms with van der Waals surface area (Å²) in [5, 5.41) is 2.86. The third-order valence-electron chi connectivity index (χ3n) is 4.07. The number of anilines is 2. The molecule has 8 heteroatoms. The maximum atomic E-state index is 12.1. The van der Waals surface area contributed by atoms with Gasteiger partial charge in [-0.3, -0.25) is 0 Å². The molecular weight excluding hydrogens is 322 g/mol. The lowest BCUT2D eigenvalue weighted by molar-refractivity contribution is 0.0867. The van der Waals surface area contributed by atoms with Gasteiger partial charge in [-0.2, -0.15) is 4.98 Å². The highest BCUT2D eigenvalue weighted by Crippen LogP contribution is 2.20. The molecule has 1 aliphatic rings. The molecule has 0 radical (unpaired) electrons. The lowest BCUT2D eigenvalue weighted by Gasteiger charge is -2.18. The number of hydrogen-bond donors (Lipinski definition) is 2. The number of benzene rings is 1. The Hall–Kier alpha value is -2.87. The second kappa shape index (κ2) is 7.80. The fourth-order valence-corrected chi connectivity index (χ4v) is 2.79. The fraction of sp³-hybridized carbons (Fsp3) is 0.353. The Labute approximate surface area is 146 Å². The molecule has 0 unspecified atom stereocenters. The average molecular weight is 343 g/mol. The molecule has 1 aliphatic heterocycles. The van der Waals surface area contributed by atoms with Gasteiger partial charge in [0.25, 0.3) is 0 Å². The highest BCUT2D eigenvalue weighted by Gasteiger charge is 2.35. The standard InChI is InChI=1S/C17H21N5O3/c1-24-14-10-22(15-7-8-19-16(18)21-15)9-13(14)20-17(23)25-11-12-5-3-2-4-6-12/h2-8,13-14H,9-11H2,1H3,(H,20,23)(H2,18,19,21)/t13-,14+/m1/s1. The summed E-state index contributed by atoms with van der Waals surface area (Å²) in [7, 11) is 1.62. The Morgan fingerprint density at radius 1 is 1.32 bits per heavy atom. The number of amides is 1. The van der Waals surface area contributed by atoms with Gasteiger partial charge in [0.15, 0.2) is 0 Å². The van der Waals surface area contributed by atoms with Crippen molar-refractivity contribution in [1.29, 1.82) is 0 Å². The van der Waals surface area contributed by atoms with Crippen LogP contribution in [0.3, 0.4) is 0 Å². The third-order valence-corrected chi connectivity index (χ3v) is 4.07. The van der Waals surface area contributed by atoms with Gasteiger partial charge >= 0.3 is 6.09 Å². The van der Waals surface area contributed by atoms with E-state index < -0.39 is 6.09 Å². The van der Waals surface area contributed by atoms with E-state index in [0.29, 0.717) is 18.9 Å². The molecule has 3 N–H and O–H groups in total. The van der Waals surface area contributed by atoms with Gasteiger partial charge in [-0.1, -0.05) is 30.3 Å². The van der Waals surface area contributed by atoms with Gasteiger partial charge in [0.1, 0.15) is 12.4 Å². The Morgan fingerprint density at radius 2 is 2.12 bits per heavy atom. The summed E-state index contributed by atoms with van der Waals surface area (Å²) >= 11 is 0. The minimum atomic E-state index is -0.472. The molecule has 2 heterocycles. The highest BCUT2D eigenvalue weighted by atomic mass is 16.5. The van der Waals surface area contributed by atoms with Gasteiger partial charge < -0.3 is 25.4 Å². The Morgan fingerprint density at radius 3 is 2.84 bits per heavy atom. The average Bonchev–Trinajstić information content (AvgIpc) is 3.04. The number of aromatic nitrogens is 2. The number of ether oxygens (including phenoxy) is 2. The summed E-state index contributed by atoms with van der Waals surface area (Å²) in [6.07, 6.45) is 0.967. The minimum Gasteiger partial charge on any atom is -0.445 e. The second-order valence-electron chi connectivity index (χ2n) is 5.76. The van der Waals surface area contributed by atoms with Gasteiger partial charge in [0, 0.05) is 26.4 Å². The molecule has 0 bridgehead atoms. The van der Waals surface area contributed by atoms with Crippen LogP contribution in [0.2, 0.25) is 0 Å². The summed E-state index contributed by atoms with van der Waals surface area (Å²) < 4.78 is 10.8. The van der Waals surface area contributed by atoms with E-state index in [1.807, 2.05) is 35.2 Å². The predicted molar refractivity (Wildman–Crippen MR) is 93.0 cm³/mol. The van der Waals surface area contributed by atoms with Crippen LogP contribution in [0.5, 0.6) is 0 Å². The molecule has 1 saturated heterocycles. The van der Waals surface area contributed by atoms with E-state index in [0.717, 1.165) is 5.56 Å². The van der Waals surface area contributed by atoms with Crippen molar-refractivity contribution in [3.8, 4) is 0 Å². The molecule has 1 aromatic heterocycles. The number of methoxy groups -OCH3 is 1. The number of nitrogens with two attached hydrogens (primary N) is 1. The minimum absolute atomic E-state index is 0.166. The summed E-state index contributed by atoms with van der Waals surface area (Å²) in [6.45, 7) is 1.37. The van der Waals surface area contributed by atoms with E-state index in [9.17, 15) is 4.79 Å². The molecule has 0 saturated carbocycles. The van der Waals surface area contributed by atoms with Gasteiger partial charge in [0.2, 0.25) is 5.95 Å². The normalized spacial score (nSPS) is 19.6. The summed E-state index contributed by atoms with van der Waals surface area (Å²) in [6, 6.07) is 11.1. The first-order chi connectivity index (χ1) is 12.2. The Balaban J connectivity index is 1.56. The van der Waals surface area contributed by atoms with Gasteiger partial charge in [-0.05, 0) is 11.6 Å². The summed E-state index contributed by atoms with van der Waals surface area (Å²) in [5.41, 5.74) is 6.57. The number of carbonyl (C=O) groups excluding carboxylic acids is 1. The van der Waals surface area contributed by atoms with Crippen LogP contribution in [0, 0.1) is 0 Å². The predicted octanol–water partition coefficient (Wildman–Crippen LogP) is 1.19. The van der Waals surface area contributed by atoms with Crippen LogP contribution in [0.25, 0.3) is 0 Å². The van der Waals surface area contributed by atoms with Crippen LogP contribution < -0.4 is 16.0 Å². The number of rotatable bonds is 5. The first kappa shape index (κ1) is 17.0. The number of hydrogen-bond acceptors (Lipinski definition) is 7. The zero-order valence-electron chi connectivity index (χ0n) is 14.0. The van der Waals surface area contributed by atoms with Crippen LogP contribution >= 0.6 is 0 Å². The van der Waals surface area contributed by atoms with E-state index in [4.69, 9.17) is 15.2 Å². The van der Waals surface area contributed by atoms with Crippen molar-refractivity contribution in [2.24, 2.45) is 0 Å². The Bertz CT molecular complexity index is 712. The zero-order valence-corrected chi connectivity index (χ0v) is 14.0. The molecule has 8 nitrogen and oxygen atoms in total. The van der Waals surface area contributed by atoms with E-state index >= 15 is 0 Å². The van der Waals surface area contributed by atoms with Crippen molar-refractivity contribution in [3.05, 3.63) is 48.2 Å². The number of alkyl carbamates (subject to hydrolysis) is 1. The summed E-state index contributed by atoms with van der Waals surface area (Å²) in [5.74, 6) is 0.918. The molecule has 0 spiro atoms. The first-order valence-corrected chi connectivity index (χ1v) is 7.99. The van der Waals surface area contributed by atoms with Gasteiger partial charge in [-0.25, -0.2) is 9.78 Å². The Kier molecular flexibility index (Phi) is 5.30.